The minimum atomic E-state index is -0.206. The number of ether oxygens (including phenoxy) is 5. The molecule has 0 aromatic heterocycles. The number of hydrogen-bond acceptors (Lipinski definition) is 6. The maximum Gasteiger partial charge on any atom is 0.231 e. The summed E-state index contributed by atoms with van der Waals surface area (Å²) in [7, 11) is 4.61. The zero-order valence-corrected chi connectivity index (χ0v) is 18.4. The van der Waals surface area contributed by atoms with Gasteiger partial charge in [-0.2, -0.15) is 0 Å². The van der Waals surface area contributed by atoms with Crippen molar-refractivity contribution in [3.05, 3.63) is 82.6 Å². The molecule has 6 heteroatoms. The van der Waals surface area contributed by atoms with E-state index < -0.39 is 0 Å². The number of rotatable bonds is 7. The van der Waals surface area contributed by atoms with Gasteiger partial charge in [0, 0.05) is 11.6 Å². The molecule has 4 rings (SSSR count). The van der Waals surface area contributed by atoms with E-state index in [4.69, 9.17) is 23.7 Å². The molecule has 0 amide bonds. The highest BCUT2D eigenvalue weighted by molar-refractivity contribution is 6.14. The van der Waals surface area contributed by atoms with Crippen LogP contribution in [0.4, 0.5) is 0 Å². The Bertz CT molecular complexity index is 1190. The van der Waals surface area contributed by atoms with E-state index in [1.165, 1.54) is 14.2 Å². The molecule has 0 spiro atoms. The smallest absolute Gasteiger partial charge is 0.231 e. The Morgan fingerprint density at radius 3 is 2.41 bits per heavy atom. The van der Waals surface area contributed by atoms with Gasteiger partial charge in [-0.15, -0.1) is 0 Å². The number of carbonyl (C=O) groups excluding carboxylic acids is 1. The van der Waals surface area contributed by atoms with E-state index in [-0.39, 0.29) is 11.5 Å². The van der Waals surface area contributed by atoms with Gasteiger partial charge in [0.15, 0.2) is 17.3 Å². The minimum Gasteiger partial charge on any atom is -0.493 e. The lowest BCUT2D eigenvalue weighted by atomic mass is 10.1. The molecule has 1 aliphatic rings. The standard InChI is InChI=1S/C26H24O6/c1-16-7-5-6-8-18(16)15-31-19-10-11-20-22(14-19)32-23(24(20)27)13-17-9-12-21(28-2)26(30-4)25(17)29-3/h5-14H,15H2,1-4H3. The highest BCUT2D eigenvalue weighted by atomic mass is 16.5. The van der Waals surface area contributed by atoms with Crippen LogP contribution in [0, 0.1) is 6.92 Å². The molecule has 0 saturated heterocycles. The molecular weight excluding hydrogens is 408 g/mol. The fourth-order valence-corrected chi connectivity index (χ4v) is 3.57. The van der Waals surface area contributed by atoms with Crippen LogP contribution in [0.1, 0.15) is 27.0 Å². The predicted molar refractivity (Wildman–Crippen MR) is 121 cm³/mol. The van der Waals surface area contributed by atoms with Crippen LogP contribution >= 0.6 is 0 Å². The highest BCUT2D eigenvalue weighted by Crippen LogP contribution is 2.42. The van der Waals surface area contributed by atoms with Crippen molar-refractivity contribution in [2.75, 3.05) is 21.3 Å². The second-order valence-electron chi connectivity index (χ2n) is 7.24. The van der Waals surface area contributed by atoms with Crippen LogP contribution in [0.2, 0.25) is 0 Å². The average molecular weight is 432 g/mol. The normalized spacial score (nSPS) is 13.5. The van der Waals surface area contributed by atoms with Gasteiger partial charge in [0.2, 0.25) is 11.5 Å². The quantitative estimate of drug-likeness (QED) is 0.477. The lowest BCUT2D eigenvalue weighted by Gasteiger charge is -2.14. The molecule has 3 aromatic rings. The Kier molecular flexibility index (Phi) is 6.03. The Morgan fingerprint density at radius 1 is 0.906 bits per heavy atom. The molecule has 0 unspecified atom stereocenters. The summed E-state index contributed by atoms with van der Waals surface area (Å²) in [5, 5.41) is 0. The third-order valence-corrected chi connectivity index (χ3v) is 5.32. The van der Waals surface area contributed by atoms with Crippen molar-refractivity contribution < 1.29 is 28.5 Å². The first-order valence-corrected chi connectivity index (χ1v) is 10.1. The Balaban J connectivity index is 1.58. The van der Waals surface area contributed by atoms with E-state index in [1.807, 2.05) is 31.2 Å². The lowest BCUT2D eigenvalue weighted by Crippen LogP contribution is -2.00. The van der Waals surface area contributed by atoms with Crippen LogP contribution in [-0.2, 0) is 6.61 Å². The summed E-state index contributed by atoms with van der Waals surface area (Å²) in [4.78, 5) is 12.9. The zero-order valence-electron chi connectivity index (χ0n) is 18.4. The van der Waals surface area contributed by atoms with Crippen molar-refractivity contribution in [1.29, 1.82) is 0 Å². The monoisotopic (exact) mass is 432 g/mol. The van der Waals surface area contributed by atoms with E-state index in [2.05, 4.69) is 0 Å². The number of Topliss-reactive ketones (excluding diaryl/α,β-unsaturated/α-hetero) is 1. The molecule has 0 bridgehead atoms. The van der Waals surface area contributed by atoms with Crippen LogP contribution in [-0.4, -0.2) is 27.1 Å². The zero-order chi connectivity index (χ0) is 22.7. The van der Waals surface area contributed by atoms with Crippen LogP contribution in [0.3, 0.4) is 0 Å². The van der Waals surface area contributed by atoms with Gasteiger partial charge in [0.1, 0.15) is 18.1 Å². The van der Waals surface area contributed by atoms with E-state index in [0.717, 1.165) is 11.1 Å². The molecule has 0 atom stereocenters. The summed E-state index contributed by atoms with van der Waals surface area (Å²) in [6.45, 7) is 2.48. The first-order chi connectivity index (χ1) is 15.5. The van der Waals surface area contributed by atoms with Gasteiger partial charge in [-0.3, -0.25) is 4.79 Å². The van der Waals surface area contributed by atoms with Gasteiger partial charge in [-0.25, -0.2) is 0 Å². The molecule has 32 heavy (non-hydrogen) atoms. The molecule has 0 N–H and O–H groups in total. The molecule has 3 aromatic carbocycles. The van der Waals surface area contributed by atoms with Gasteiger partial charge < -0.3 is 23.7 Å². The summed E-state index contributed by atoms with van der Waals surface area (Å²) in [5.74, 6) is 2.51. The van der Waals surface area contributed by atoms with Gasteiger partial charge in [-0.05, 0) is 48.4 Å². The maximum atomic E-state index is 12.9. The van der Waals surface area contributed by atoms with Gasteiger partial charge in [0.05, 0.1) is 26.9 Å². The molecule has 1 aliphatic heterocycles. The molecular formula is C26H24O6. The molecule has 0 aliphatic carbocycles. The fourth-order valence-electron chi connectivity index (χ4n) is 3.57. The molecule has 164 valence electrons. The van der Waals surface area contributed by atoms with Gasteiger partial charge >= 0.3 is 0 Å². The lowest BCUT2D eigenvalue weighted by molar-refractivity contribution is 0.101. The van der Waals surface area contributed by atoms with Crippen molar-refractivity contribution in [2.24, 2.45) is 0 Å². The Labute approximate surface area is 186 Å². The van der Waals surface area contributed by atoms with E-state index in [0.29, 0.717) is 46.5 Å². The largest absolute Gasteiger partial charge is 0.493 e. The second kappa shape index (κ2) is 9.06. The number of allylic oxidation sites excluding steroid dienone is 1. The summed E-state index contributed by atoms with van der Waals surface area (Å²) in [6.07, 6.45) is 1.64. The maximum absolute atomic E-state index is 12.9. The number of methoxy groups -OCH3 is 3. The van der Waals surface area contributed by atoms with E-state index in [1.54, 1.807) is 43.5 Å². The van der Waals surface area contributed by atoms with Crippen LogP contribution in [0.15, 0.2) is 60.4 Å². The SMILES string of the molecule is COc1ccc(C=C2Oc3cc(OCc4ccccc4C)ccc3C2=O)c(OC)c1OC. The van der Waals surface area contributed by atoms with Crippen LogP contribution in [0.5, 0.6) is 28.7 Å². The summed E-state index contributed by atoms with van der Waals surface area (Å²) in [6, 6.07) is 16.8. The van der Waals surface area contributed by atoms with Crippen LogP contribution < -0.4 is 23.7 Å². The summed E-state index contributed by atoms with van der Waals surface area (Å²) < 4.78 is 28.0. The summed E-state index contributed by atoms with van der Waals surface area (Å²) in [5.41, 5.74) is 3.39. The molecule has 6 nitrogen and oxygen atoms in total. The van der Waals surface area contributed by atoms with E-state index >= 15 is 0 Å². The Morgan fingerprint density at radius 2 is 1.69 bits per heavy atom. The third kappa shape index (κ3) is 3.99. The number of hydrogen-bond donors (Lipinski definition) is 0. The Hall–Kier alpha value is -3.93. The predicted octanol–water partition coefficient (Wildman–Crippen LogP) is 5.22. The second-order valence-corrected chi connectivity index (χ2v) is 7.24. The van der Waals surface area contributed by atoms with Crippen molar-refractivity contribution in [1.82, 2.24) is 0 Å². The van der Waals surface area contributed by atoms with Crippen molar-refractivity contribution in [3.63, 3.8) is 0 Å². The minimum absolute atomic E-state index is 0.196. The number of aryl methyl sites for hydroxylation is 1. The first-order valence-electron chi connectivity index (χ1n) is 10.1. The number of ketones is 1. The molecule has 0 saturated carbocycles. The van der Waals surface area contributed by atoms with Crippen LogP contribution in [0.25, 0.3) is 6.08 Å². The molecule has 0 fully saturated rings. The van der Waals surface area contributed by atoms with Crippen molar-refractivity contribution in [3.8, 4) is 28.7 Å². The number of benzene rings is 3. The first kappa shape index (κ1) is 21.3. The van der Waals surface area contributed by atoms with E-state index in [9.17, 15) is 4.79 Å². The van der Waals surface area contributed by atoms with Gasteiger partial charge in [-0.1, -0.05) is 24.3 Å². The third-order valence-electron chi connectivity index (χ3n) is 5.32. The van der Waals surface area contributed by atoms with Crippen molar-refractivity contribution >= 4 is 11.9 Å². The van der Waals surface area contributed by atoms with Crippen molar-refractivity contribution in [2.45, 2.75) is 13.5 Å². The number of fused-ring (bicyclic) bond motifs is 1. The molecule has 1 heterocycles. The number of carbonyl (C=O) groups is 1. The highest BCUT2D eigenvalue weighted by Gasteiger charge is 2.28. The molecule has 0 radical (unpaired) electrons. The fraction of sp³-hybridized carbons (Fsp3) is 0.192. The summed E-state index contributed by atoms with van der Waals surface area (Å²) >= 11 is 0. The average Bonchev–Trinajstić information content (AvgIpc) is 3.12. The van der Waals surface area contributed by atoms with Gasteiger partial charge in [0.25, 0.3) is 0 Å². The topological polar surface area (TPSA) is 63.2 Å².